The van der Waals surface area contributed by atoms with Crippen LogP contribution in [0, 0.1) is 0 Å². The largest absolute Gasteiger partial charge is 0.381 e. The maximum Gasteiger partial charge on any atom is 0.240 e. The molecule has 0 radical (unpaired) electrons. The first-order valence-electron chi connectivity index (χ1n) is 6.28. The molecule has 0 aliphatic carbocycles. The zero-order valence-corrected chi connectivity index (χ0v) is 11.8. The zero-order chi connectivity index (χ0) is 13.7. The van der Waals surface area contributed by atoms with Crippen LogP contribution in [-0.2, 0) is 10.0 Å². The van der Waals surface area contributed by atoms with Crippen molar-refractivity contribution < 1.29 is 8.42 Å². The molecule has 0 unspecified atom stereocenters. The third-order valence-corrected chi connectivity index (χ3v) is 4.54. The van der Waals surface area contributed by atoms with Crippen molar-refractivity contribution in [3.63, 3.8) is 0 Å². The predicted octanol–water partition coefficient (Wildman–Crippen LogP) is 0.926. The van der Waals surface area contributed by atoms with E-state index in [-0.39, 0.29) is 4.90 Å². The molecule has 0 fully saturated rings. The first-order valence-corrected chi connectivity index (χ1v) is 7.76. The van der Waals surface area contributed by atoms with Crippen LogP contribution in [0.5, 0.6) is 0 Å². The van der Waals surface area contributed by atoms with E-state index in [1.807, 2.05) is 0 Å². The van der Waals surface area contributed by atoms with E-state index in [9.17, 15) is 8.42 Å². The number of sulfonamides is 1. The van der Waals surface area contributed by atoms with Gasteiger partial charge in [-0.05, 0) is 44.3 Å². The van der Waals surface area contributed by atoms with Crippen LogP contribution in [0.2, 0.25) is 0 Å². The lowest BCUT2D eigenvalue weighted by Gasteiger charge is -2.15. The molecule has 1 aromatic carbocycles. The Hall–Kier alpha value is -1.37. The molecule has 1 aliphatic heterocycles. The predicted molar refractivity (Wildman–Crippen MR) is 76.7 cm³/mol. The Morgan fingerprint density at radius 1 is 1.26 bits per heavy atom. The van der Waals surface area contributed by atoms with Gasteiger partial charge < -0.3 is 10.6 Å². The van der Waals surface area contributed by atoms with Gasteiger partial charge in [0.2, 0.25) is 10.0 Å². The summed E-state index contributed by atoms with van der Waals surface area (Å²) in [5.41, 5.74) is 2.31. The standard InChI is InChI=1S/C13H19N3O2S/c1-14-19(17,18)13-4-2-12(3-5-13)16-10-11-6-8-15-9-7-11/h2-6,14-16H,7-10H2,1H3. The number of hydrogen-bond donors (Lipinski definition) is 3. The summed E-state index contributed by atoms with van der Waals surface area (Å²) in [7, 11) is -1.94. The Balaban J connectivity index is 1.97. The Labute approximate surface area is 114 Å². The van der Waals surface area contributed by atoms with Gasteiger partial charge in [-0.3, -0.25) is 0 Å². The van der Waals surface area contributed by atoms with E-state index in [2.05, 4.69) is 21.4 Å². The molecule has 0 saturated carbocycles. The minimum absolute atomic E-state index is 0.279. The van der Waals surface area contributed by atoms with Crippen LogP contribution < -0.4 is 15.4 Å². The van der Waals surface area contributed by atoms with E-state index in [0.717, 1.165) is 31.7 Å². The van der Waals surface area contributed by atoms with Gasteiger partial charge in [0.25, 0.3) is 0 Å². The van der Waals surface area contributed by atoms with E-state index in [0.29, 0.717) is 0 Å². The monoisotopic (exact) mass is 281 g/mol. The molecule has 104 valence electrons. The van der Waals surface area contributed by atoms with Crippen molar-refractivity contribution in [2.24, 2.45) is 0 Å². The topological polar surface area (TPSA) is 70.2 Å². The fraction of sp³-hybridized carbons (Fsp3) is 0.385. The fourth-order valence-corrected chi connectivity index (χ4v) is 2.65. The Kier molecular flexibility index (Phi) is 4.57. The van der Waals surface area contributed by atoms with Gasteiger partial charge in [0.1, 0.15) is 0 Å². The Morgan fingerprint density at radius 3 is 2.58 bits per heavy atom. The van der Waals surface area contributed by atoms with Gasteiger partial charge in [-0.15, -0.1) is 0 Å². The Bertz CT molecular complexity index is 550. The Morgan fingerprint density at radius 2 is 2.00 bits per heavy atom. The van der Waals surface area contributed by atoms with Crippen LogP contribution in [0.25, 0.3) is 0 Å². The van der Waals surface area contributed by atoms with Crippen LogP contribution in [-0.4, -0.2) is 35.1 Å². The second kappa shape index (κ2) is 6.18. The number of nitrogens with one attached hydrogen (secondary N) is 3. The van der Waals surface area contributed by atoms with Crippen LogP contribution in [0.15, 0.2) is 40.8 Å². The normalized spacial score (nSPS) is 15.9. The molecule has 0 saturated heterocycles. The van der Waals surface area contributed by atoms with Gasteiger partial charge in [0.05, 0.1) is 4.90 Å². The van der Waals surface area contributed by atoms with E-state index in [1.165, 1.54) is 12.6 Å². The maximum atomic E-state index is 11.6. The summed E-state index contributed by atoms with van der Waals surface area (Å²) < 4.78 is 25.4. The number of anilines is 1. The maximum absolute atomic E-state index is 11.6. The summed E-state index contributed by atoms with van der Waals surface area (Å²) >= 11 is 0. The minimum atomic E-state index is -3.35. The average Bonchev–Trinajstić information content (AvgIpc) is 2.47. The van der Waals surface area contributed by atoms with Crippen molar-refractivity contribution >= 4 is 15.7 Å². The SMILES string of the molecule is CNS(=O)(=O)c1ccc(NCC2=CCNCC2)cc1. The molecule has 1 heterocycles. The van der Waals surface area contributed by atoms with Gasteiger partial charge in [0.15, 0.2) is 0 Å². The molecule has 0 amide bonds. The van der Waals surface area contributed by atoms with Gasteiger partial charge in [-0.1, -0.05) is 11.6 Å². The highest BCUT2D eigenvalue weighted by Gasteiger charge is 2.10. The van der Waals surface area contributed by atoms with E-state index < -0.39 is 10.0 Å². The lowest BCUT2D eigenvalue weighted by molar-refractivity contribution is 0.588. The van der Waals surface area contributed by atoms with E-state index in [4.69, 9.17) is 0 Å². The lowest BCUT2D eigenvalue weighted by Crippen LogP contribution is -2.23. The number of rotatable bonds is 5. The van der Waals surface area contributed by atoms with Gasteiger partial charge in [-0.25, -0.2) is 13.1 Å². The summed E-state index contributed by atoms with van der Waals surface area (Å²) in [5, 5.41) is 6.57. The summed E-state index contributed by atoms with van der Waals surface area (Å²) in [4.78, 5) is 0.279. The average molecular weight is 281 g/mol. The van der Waals surface area contributed by atoms with Crippen LogP contribution in [0.1, 0.15) is 6.42 Å². The van der Waals surface area contributed by atoms with Crippen LogP contribution >= 0.6 is 0 Å². The van der Waals surface area contributed by atoms with Crippen LogP contribution in [0.4, 0.5) is 5.69 Å². The zero-order valence-electron chi connectivity index (χ0n) is 10.9. The van der Waals surface area contributed by atoms with E-state index in [1.54, 1.807) is 24.3 Å². The molecule has 1 aliphatic rings. The summed E-state index contributed by atoms with van der Waals surface area (Å²) in [6.07, 6.45) is 3.25. The van der Waals surface area contributed by atoms with E-state index >= 15 is 0 Å². The highest BCUT2D eigenvalue weighted by atomic mass is 32.2. The third kappa shape index (κ3) is 3.79. The fourth-order valence-electron chi connectivity index (χ4n) is 1.92. The van der Waals surface area contributed by atoms with Gasteiger partial charge >= 0.3 is 0 Å². The minimum Gasteiger partial charge on any atom is -0.381 e. The summed E-state index contributed by atoms with van der Waals surface area (Å²) in [5.74, 6) is 0. The van der Waals surface area contributed by atoms with Gasteiger partial charge in [-0.2, -0.15) is 0 Å². The molecule has 1 aromatic rings. The molecule has 0 bridgehead atoms. The van der Waals surface area contributed by atoms with Crippen molar-refractivity contribution in [3.05, 3.63) is 35.9 Å². The van der Waals surface area contributed by atoms with Crippen molar-refractivity contribution in [3.8, 4) is 0 Å². The quantitative estimate of drug-likeness (QED) is 0.702. The summed E-state index contributed by atoms with van der Waals surface area (Å²) in [6, 6.07) is 6.77. The molecular weight excluding hydrogens is 262 g/mol. The first-order chi connectivity index (χ1) is 9.12. The molecular formula is C13H19N3O2S. The second-order valence-corrected chi connectivity index (χ2v) is 6.29. The molecule has 3 N–H and O–H groups in total. The number of hydrogen-bond acceptors (Lipinski definition) is 4. The number of benzene rings is 1. The molecule has 0 atom stereocenters. The smallest absolute Gasteiger partial charge is 0.240 e. The van der Waals surface area contributed by atoms with Crippen molar-refractivity contribution in [2.75, 3.05) is 32.0 Å². The molecule has 19 heavy (non-hydrogen) atoms. The van der Waals surface area contributed by atoms with Crippen molar-refractivity contribution in [1.29, 1.82) is 0 Å². The van der Waals surface area contributed by atoms with Crippen molar-refractivity contribution in [1.82, 2.24) is 10.0 Å². The third-order valence-electron chi connectivity index (χ3n) is 3.11. The molecule has 5 nitrogen and oxygen atoms in total. The van der Waals surface area contributed by atoms with Crippen LogP contribution in [0.3, 0.4) is 0 Å². The second-order valence-electron chi connectivity index (χ2n) is 4.40. The lowest BCUT2D eigenvalue weighted by atomic mass is 10.1. The summed E-state index contributed by atoms with van der Waals surface area (Å²) in [6.45, 7) is 2.75. The molecule has 6 heteroatoms. The highest BCUT2D eigenvalue weighted by Crippen LogP contribution is 2.14. The van der Waals surface area contributed by atoms with Gasteiger partial charge in [0, 0.05) is 18.8 Å². The highest BCUT2D eigenvalue weighted by molar-refractivity contribution is 7.89. The molecule has 0 spiro atoms. The first kappa shape index (κ1) is 14.0. The van der Waals surface area contributed by atoms with Crippen molar-refractivity contribution in [2.45, 2.75) is 11.3 Å². The molecule has 2 rings (SSSR count). The molecule has 0 aromatic heterocycles.